The Morgan fingerprint density at radius 2 is 0.500 bits per heavy atom. The lowest BCUT2D eigenvalue weighted by Gasteiger charge is -2.20. The van der Waals surface area contributed by atoms with Gasteiger partial charge in [0, 0.05) is 11.1 Å². The van der Waals surface area contributed by atoms with Crippen LogP contribution in [0.5, 0.6) is 46.0 Å². The van der Waals surface area contributed by atoms with Crippen molar-refractivity contribution in [1.29, 1.82) is 0 Å². The molecule has 10 heteroatoms. The molecule has 0 unspecified atom stereocenters. The molecular weight excluding hydrogens is 688 g/mol. The van der Waals surface area contributed by atoms with E-state index in [9.17, 15) is 9.59 Å². The molecule has 10 nitrogen and oxygen atoms in total. The van der Waals surface area contributed by atoms with Crippen molar-refractivity contribution in [3.05, 3.63) is 83.9 Å². The van der Waals surface area contributed by atoms with Gasteiger partial charge in [-0.05, 0) is 114 Å². The van der Waals surface area contributed by atoms with Crippen molar-refractivity contribution in [3.8, 4) is 68.2 Å². The lowest BCUT2D eigenvalue weighted by molar-refractivity contribution is 0.111. The molecule has 0 aromatic heterocycles. The second-order valence-corrected chi connectivity index (χ2v) is 12.4. The molecule has 0 N–H and O–H groups in total. The summed E-state index contributed by atoms with van der Waals surface area (Å²) in [6, 6.07) is 23.0. The molecule has 0 radical (unpaired) electrons. The topological polar surface area (TPSA) is 108 Å². The Labute approximate surface area is 311 Å². The summed E-state index contributed by atoms with van der Waals surface area (Å²) in [5.41, 5.74) is 4.38. The van der Waals surface area contributed by atoms with E-state index in [1.54, 1.807) is 56.9 Å². The molecule has 7 aromatic rings. The third kappa shape index (κ3) is 5.49. The van der Waals surface area contributed by atoms with E-state index in [2.05, 4.69) is 0 Å². The Morgan fingerprint density at radius 3 is 0.667 bits per heavy atom. The highest BCUT2D eigenvalue weighted by molar-refractivity contribution is 6.23. The SMILES string of the molecule is COc1cc2c(C=O)c3cc(OC)c(OC)cc3c(-c3ccc(-c4c5cc(OC)c(OC)cc5c(C=O)c5cc(OC)c(OC)cc45)cc3)c2cc1OC. The molecule has 7 aromatic carbocycles. The summed E-state index contributed by atoms with van der Waals surface area (Å²) in [5, 5.41) is 5.86. The largest absolute Gasteiger partial charge is 0.493 e. The van der Waals surface area contributed by atoms with E-state index in [4.69, 9.17) is 37.9 Å². The van der Waals surface area contributed by atoms with E-state index in [1.807, 2.05) is 72.8 Å². The Bertz CT molecular complexity index is 2300. The van der Waals surface area contributed by atoms with Crippen LogP contribution in [0.4, 0.5) is 0 Å². The molecule has 0 saturated carbocycles. The molecule has 0 heterocycles. The van der Waals surface area contributed by atoms with Gasteiger partial charge in [-0.25, -0.2) is 0 Å². The average Bonchev–Trinajstić information content (AvgIpc) is 3.22. The molecule has 0 bridgehead atoms. The lowest BCUT2D eigenvalue weighted by atomic mass is 9.86. The molecular formula is C44H38O10. The van der Waals surface area contributed by atoms with Crippen molar-refractivity contribution in [2.75, 3.05) is 56.9 Å². The quantitative estimate of drug-likeness (QED) is 0.0893. The number of benzene rings is 7. The molecule has 54 heavy (non-hydrogen) atoms. The zero-order chi connectivity index (χ0) is 38.3. The van der Waals surface area contributed by atoms with Crippen molar-refractivity contribution in [1.82, 2.24) is 0 Å². The van der Waals surface area contributed by atoms with Gasteiger partial charge < -0.3 is 37.9 Å². The Balaban J connectivity index is 1.58. The fourth-order valence-electron chi connectivity index (χ4n) is 7.49. The molecule has 0 spiro atoms. The van der Waals surface area contributed by atoms with Gasteiger partial charge in [0.25, 0.3) is 0 Å². The molecule has 0 aliphatic carbocycles. The van der Waals surface area contributed by atoms with Gasteiger partial charge in [0.2, 0.25) is 0 Å². The maximum absolute atomic E-state index is 12.8. The predicted molar refractivity (Wildman–Crippen MR) is 211 cm³/mol. The summed E-state index contributed by atoms with van der Waals surface area (Å²) in [6.07, 6.45) is 1.70. The van der Waals surface area contributed by atoms with Gasteiger partial charge in [-0.3, -0.25) is 9.59 Å². The number of carbonyl (C=O) groups excluding carboxylic acids is 2. The molecule has 0 aliphatic rings. The molecule has 0 fully saturated rings. The highest BCUT2D eigenvalue weighted by Crippen LogP contribution is 2.49. The molecule has 7 rings (SSSR count). The van der Waals surface area contributed by atoms with Crippen LogP contribution in [0.2, 0.25) is 0 Å². The van der Waals surface area contributed by atoms with E-state index in [0.29, 0.717) is 78.7 Å². The van der Waals surface area contributed by atoms with Gasteiger partial charge in [-0.2, -0.15) is 0 Å². The fraction of sp³-hybridized carbons (Fsp3) is 0.182. The minimum Gasteiger partial charge on any atom is -0.493 e. The Morgan fingerprint density at radius 1 is 0.315 bits per heavy atom. The molecule has 0 aliphatic heterocycles. The summed E-state index contributed by atoms with van der Waals surface area (Å²) in [6.45, 7) is 0. The maximum atomic E-state index is 12.8. The fourth-order valence-corrected chi connectivity index (χ4v) is 7.49. The van der Waals surface area contributed by atoms with Gasteiger partial charge in [-0.15, -0.1) is 0 Å². The van der Waals surface area contributed by atoms with Crippen molar-refractivity contribution in [2.24, 2.45) is 0 Å². The minimum absolute atomic E-state index is 0.476. The van der Waals surface area contributed by atoms with Gasteiger partial charge in [0.05, 0.1) is 56.9 Å². The van der Waals surface area contributed by atoms with Crippen molar-refractivity contribution in [3.63, 3.8) is 0 Å². The summed E-state index contributed by atoms with van der Waals surface area (Å²) >= 11 is 0. The summed E-state index contributed by atoms with van der Waals surface area (Å²) in [5.74, 6) is 4.03. The normalized spacial score (nSPS) is 11.1. The molecule has 0 saturated heterocycles. The minimum atomic E-state index is 0.476. The van der Waals surface area contributed by atoms with Crippen LogP contribution in [0.15, 0.2) is 72.8 Å². The van der Waals surface area contributed by atoms with Gasteiger partial charge in [0.15, 0.2) is 58.6 Å². The Hall–Kier alpha value is -6.68. The highest BCUT2D eigenvalue weighted by atomic mass is 16.5. The first-order valence-electron chi connectivity index (χ1n) is 16.9. The molecule has 274 valence electrons. The van der Waals surface area contributed by atoms with Gasteiger partial charge >= 0.3 is 0 Å². The smallest absolute Gasteiger partial charge is 0.161 e. The van der Waals surface area contributed by atoms with Crippen LogP contribution in [-0.4, -0.2) is 69.5 Å². The number of rotatable bonds is 12. The first kappa shape index (κ1) is 35.7. The Kier molecular flexibility index (Phi) is 9.51. The standard InChI is InChI=1S/C44H38O10/c1-47-35-13-25-29(17-39(35)51-5)43(30-18-40(52-6)36(48-2)14-26(30)33(25)21-45)23-9-11-24(12-10-23)44-31-19-41(53-7)37(49-3)15-27(31)34(22-46)28-16-38(50-4)42(54-8)20-32(28)44/h9-22H,1-8H3. The van der Waals surface area contributed by atoms with E-state index in [1.165, 1.54) is 0 Å². The first-order valence-corrected chi connectivity index (χ1v) is 16.9. The van der Waals surface area contributed by atoms with E-state index in [0.717, 1.165) is 56.4 Å². The third-order valence-corrected chi connectivity index (χ3v) is 10.0. The van der Waals surface area contributed by atoms with Crippen LogP contribution in [0.25, 0.3) is 65.3 Å². The lowest BCUT2D eigenvalue weighted by Crippen LogP contribution is -1.99. The van der Waals surface area contributed by atoms with Crippen molar-refractivity contribution >= 4 is 55.7 Å². The number of methoxy groups -OCH3 is 8. The second-order valence-electron chi connectivity index (χ2n) is 12.4. The number of ether oxygens (including phenoxy) is 8. The number of carbonyl (C=O) groups is 2. The van der Waals surface area contributed by atoms with E-state index in [-0.39, 0.29) is 0 Å². The number of hydrogen-bond donors (Lipinski definition) is 0. The zero-order valence-corrected chi connectivity index (χ0v) is 31.2. The van der Waals surface area contributed by atoms with Crippen LogP contribution in [0.1, 0.15) is 20.7 Å². The average molecular weight is 727 g/mol. The monoisotopic (exact) mass is 726 g/mol. The third-order valence-electron chi connectivity index (χ3n) is 10.0. The van der Waals surface area contributed by atoms with Crippen LogP contribution in [0.3, 0.4) is 0 Å². The van der Waals surface area contributed by atoms with Crippen LogP contribution >= 0.6 is 0 Å². The summed E-state index contributed by atoms with van der Waals surface area (Å²) < 4.78 is 45.5. The maximum Gasteiger partial charge on any atom is 0.161 e. The van der Waals surface area contributed by atoms with E-state index >= 15 is 0 Å². The van der Waals surface area contributed by atoms with E-state index < -0.39 is 0 Å². The molecule has 0 atom stereocenters. The number of aldehydes is 2. The number of hydrogen-bond acceptors (Lipinski definition) is 10. The van der Waals surface area contributed by atoms with Gasteiger partial charge in [0.1, 0.15) is 0 Å². The van der Waals surface area contributed by atoms with Crippen molar-refractivity contribution in [2.45, 2.75) is 0 Å². The second kappa shape index (κ2) is 14.4. The first-order chi connectivity index (χ1) is 26.3. The summed E-state index contributed by atoms with van der Waals surface area (Å²) in [4.78, 5) is 25.6. The highest BCUT2D eigenvalue weighted by Gasteiger charge is 2.23. The molecule has 0 amide bonds. The zero-order valence-electron chi connectivity index (χ0n) is 31.2. The summed E-state index contributed by atoms with van der Waals surface area (Å²) in [7, 11) is 12.6. The number of fused-ring (bicyclic) bond motifs is 4. The van der Waals surface area contributed by atoms with Gasteiger partial charge in [-0.1, -0.05) is 24.3 Å². The van der Waals surface area contributed by atoms with Crippen LogP contribution in [-0.2, 0) is 0 Å². The van der Waals surface area contributed by atoms with Crippen LogP contribution in [0, 0.1) is 0 Å². The van der Waals surface area contributed by atoms with Crippen molar-refractivity contribution < 1.29 is 47.5 Å². The predicted octanol–water partition coefficient (Wildman–Crippen LogP) is 9.33. The van der Waals surface area contributed by atoms with Crippen LogP contribution < -0.4 is 37.9 Å².